The van der Waals surface area contributed by atoms with Gasteiger partial charge in [0.15, 0.2) is 5.96 Å². The van der Waals surface area contributed by atoms with Crippen LogP contribution in [0.5, 0.6) is 0 Å². The molecule has 33 heavy (non-hydrogen) atoms. The molecular weight excluding hydrogens is 438 g/mol. The first-order valence-corrected chi connectivity index (χ1v) is 10.5. The molecule has 0 spiro atoms. The van der Waals surface area contributed by atoms with E-state index in [-0.39, 0.29) is 24.8 Å². The SMILES string of the molecule is CCC(C)C(NC(=O)C(C)NC(=O)C(CC(=O)O)NC(=O)C(N)CCCN=C(N)N)C(=O)O. The van der Waals surface area contributed by atoms with Crippen LogP contribution in [0.25, 0.3) is 0 Å². The minimum Gasteiger partial charge on any atom is -0.481 e. The van der Waals surface area contributed by atoms with E-state index >= 15 is 0 Å². The molecule has 188 valence electrons. The average molecular weight is 474 g/mol. The highest BCUT2D eigenvalue weighted by Gasteiger charge is 2.31. The van der Waals surface area contributed by atoms with Crippen molar-refractivity contribution in [3.8, 4) is 0 Å². The van der Waals surface area contributed by atoms with E-state index in [0.29, 0.717) is 12.8 Å². The summed E-state index contributed by atoms with van der Waals surface area (Å²) in [5, 5.41) is 25.2. The number of rotatable bonds is 15. The van der Waals surface area contributed by atoms with Crippen LogP contribution in [0.4, 0.5) is 0 Å². The van der Waals surface area contributed by atoms with Crippen molar-refractivity contribution < 1.29 is 34.2 Å². The van der Waals surface area contributed by atoms with Crippen LogP contribution >= 0.6 is 0 Å². The molecule has 14 heteroatoms. The van der Waals surface area contributed by atoms with E-state index < -0.39 is 60.2 Å². The molecule has 0 saturated carbocycles. The lowest BCUT2D eigenvalue weighted by Crippen LogP contribution is -2.57. The molecule has 0 rings (SSSR count). The number of aliphatic imine (C=N–C) groups is 1. The number of carboxylic acid groups (broad SMARTS) is 2. The third-order valence-electron chi connectivity index (χ3n) is 4.84. The first-order valence-electron chi connectivity index (χ1n) is 10.5. The molecule has 0 saturated heterocycles. The summed E-state index contributed by atoms with van der Waals surface area (Å²) >= 11 is 0. The van der Waals surface area contributed by atoms with Crippen molar-refractivity contribution in [2.75, 3.05) is 6.54 Å². The highest BCUT2D eigenvalue weighted by atomic mass is 16.4. The molecule has 11 N–H and O–H groups in total. The number of guanidine groups is 1. The van der Waals surface area contributed by atoms with Gasteiger partial charge >= 0.3 is 11.9 Å². The standard InChI is InChI=1S/C19H35N7O7/c1-4-9(2)14(18(32)33)26-15(29)10(3)24-17(31)12(8-13(27)28)25-16(30)11(20)6-5-7-23-19(21)22/h9-12,14H,4-8,20H2,1-3H3,(H,24,31)(H,25,30)(H,26,29)(H,27,28)(H,32,33)(H4,21,22,23). The molecule has 0 aromatic rings. The van der Waals surface area contributed by atoms with Gasteiger partial charge in [0.1, 0.15) is 18.1 Å². The summed E-state index contributed by atoms with van der Waals surface area (Å²) in [7, 11) is 0. The van der Waals surface area contributed by atoms with Crippen molar-refractivity contribution in [2.24, 2.45) is 28.1 Å². The van der Waals surface area contributed by atoms with Crippen molar-refractivity contribution in [3.05, 3.63) is 0 Å². The molecule has 14 nitrogen and oxygen atoms in total. The van der Waals surface area contributed by atoms with Gasteiger partial charge in [-0.2, -0.15) is 0 Å². The molecule has 0 aliphatic carbocycles. The Morgan fingerprint density at radius 3 is 2.03 bits per heavy atom. The van der Waals surface area contributed by atoms with Crippen molar-refractivity contribution in [1.29, 1.82) is 0 Å². The van der Waals surface area contributed by atoms with E-state index in [1.165, 1.54) is 6.92 Å². The number of hydrogen-bond acceptors (Lipinski definition) is 7. The topological polar surface area (TPSA) is 252 Å². The fraction of sp³-hybridized carbons (Fsp3) is 0.684. The smallest absolute Gasteiger partial charge is 0.326 e. The molecule has 0 fully saturated rings. The summed E-state index contributed by atoms with van der Waals surface area (Å²) < 4.78 is 0. The van der Waals surface area contributed by atoms with E-state index in [2.05, 4.69) is 20.9 Å². The minimum absolute atomic E-state index is 0.108. The van der Waals surface area contributed by atoms with Crippen molar-refractivity contribution in [2.45, 2.75) is 70.6 Å². The monoisotopic (exact) mass is 473 g/mol. The van der Waals surface area contributed by atoms with Crippen LogP contribution in [0.15, 0.2) is 4.99 Å². The highest BCUT2D eigenvalue weighted by Crippen LogP contribution is 2.08. The van der Waals surface area contributed by atoms with Gasteiger partial charge in [-0.15, -0.1) is 0 Å². The molecule has 0 bridgehead atoms. The van der Waals surface area contributed by atoms with Gasteiger partial charge in [-0.3, -0.25) is 24.2 Å². The van der Waals surface area contributed by atoms with Crippen LogP contribution in [0.2, 0.25) is 0 Å². The average Bonchev–Trinajstić information content (AvgIpc) is 2.72. The lowest BCUT2D eigenvalue weighted by atomic mass is 9.99. The van der Waals surface area contributed by atoms with Crippen molar-refractivity contribution in [1.82, 2.24) is 16.0 Å². The number of nitrogens with zero attached hydrogens (tertiary/aromatic N) is 1. The molecule has 5 unspecified atom stereocenters. The summed E-state index contributed by atoms with van der Waals surface area (Å²) in [4.78, 5) is 63.4. The largest absolute Gasteiger partial charge is 0.481 e. The van der Waals surface area contributed by atoms with Gasteiger partial charge in [-0.25, -0.2) is 4.79 Å². The van der Waals surface area contributed by atoms with Crippen LogP contribution in [0.1, 0.15) is 46.5 Å². The molecular formula is C19H35N7O7. The Labute approximate surface area is 191 Å². The predicted octanol–water partition coefficient (Wildman–Crippen LogP) is -2.55. The molecule has 3 amide bonds. The number of carbonyl (C=O) groups excluding carboxylic acids is 3. The van der Waals surface area contributed by atoms with Gasteiger partial charge in [0.05, 0.1) is 12.5 Å². The Morgan fingerprint density at radius 2 is 1.55 bits per heavy atom. The summed E-state index contributed by atoms with van der Waals surface area (Å²) in [5.41, 5.74) is 16.2. The van der Waals surface area contributed by atoms with Crippen molar-refractivity contribution >= 4 is 35.6 Å². The third-order valence-corrected chi connectivity index (χ3v) is 4.84. The number of carbonyl (C=O) groups is 5. The minimum atomic E-state index is -1.50. The predicted molar refractivity (Wildman–Crippen MR) is 119 cm³/mol. The summed E-state index contributed by atoms with van der Waals surface area (Å²) in [6.07, 6.45) is 0.295. The lowest BCUT2D eigenvalue weighted by molar-refractivity contribution is -0.144. The maximum absolute atomic E-state index is 12.5. The number of aliphatic carboxylic acids is 2. The summed E-state index contributed by atoms with van der Waals surface area (Å²) in [6.45, 7) is 4.96. The fourth-order valence-electron chi connectivity index (χ4n) is 2.65. The Bertz CT molecular complexity index is 740. The van der Waals surface area contributed by atoms with E-state index in [0.717, 1.165) is 0 Å². The molecule has 0 radical (unpaired) electrons. The summed E-state index contributed by atoms with van der Waals surface area (Å²) in [5.74, 6) is -5.52. The Balaban J connectivity index is 5.05. The van der Waals surface area contributed by atoms with Crippen molar-refractivity contribution in [3.63, 3.8) is 0 Å². The fourth-order valence-corrected chi connectivity index (χ4v) is 2.65. The molecule has 5 atom stereocenters. The normalized spacial score (nSPS) is 15.2. The van der Waals surface area contributed by atoms with E-state index in [4.69, 9.17) is 22.3 Å². The number of amides is 3. The number of carboxylic acids is 2. The summed E-state index contributed by atoms with van der Waals surface area (Å²) in [6, 6.07) is -4.90. The van der Waals surface area contributed by atoms with Gasteiger partial charge in [0.25, 0.3) is 0 Å². The molecule has 0 aliphatic rings. The second-order valence-electron chi connectivity index (χ2n) is 7.65. The Hall–Kier alpha value is -3.42. The Kier molecular flexibility index (Phi) is 13.1. The number of nitrogens with one attached hydrogen (secondary N) is 3. The molecule has 0 heterocycles. The van der Waals surface area contributed by atoms with Crippen LogP contribution < -0.4 is 33.2 Å². The first-order chi connectivity index (χ1) is 15.3. The second-order valence-corrected chi connectivity index (χ2v) is 7.65. The maximum Gasteiger partial charge on any atom is 0.326 e. The van der Waals surface area contributed by atoms with E-state index in [1.54, 1.807) is 13.8 Å². The maximum atomic E-state index is 12.5. The quantitative estimate of drug-likeness (QED) is 0.0701. The van der Waals surface area contributed by atoms with Crippen LogP contribution in [-0.2, 0) is 24.0 Å². The molecule has 0 aromatic carbocycles. The zero-order valence-corrected chi connectivity index (χ0v) is 19.0. The molecule has 0 aliphatic heterocycles. The van der Waals surface area contributed by atoms with E-state index in [1.807, 2.05) is 0 Å². The van der Waals surface area contributed by atoms with Crippen LogP contribution in [0.3, 0.4) is 0 Å². The van der Waals surface area contributed by atoms with Crippen LogP contribution in [0, 0.1) is 5.92 Å². The zero-order valence-electron chi connectivity index (χ0n) is 19.0. The Morgan fingerprint density at radius 1 is 0.939 bits per heavy atom. The van der Waals surface area contributed by atoms with E-state index in [9.17, 15) is 29.1 Å². The number of hydrogen-bond donors (Lipinski definition) is 8. The first kappa shape index (κ1) is 29.6. The number of nitrogens with two attached hydrogens (primary N) is 3. The lowest BCUT2D eigenvalue weighted by Gasteiger charge is -2.24. The zero-order chi connectivity index (χ0) is 25.7. The molecule has 0 aromatic heterocycles. The second kappa shape index (κ2) is 14.6. The third kappa shape index (κ3) is 11.7. The van der Waals surface area contributed by atoms with Gasteiger partial charge in [-0.05, 0) is 25.7 Å². The van der Waals surface area contributed by atoms with Gasteiger partial charge in [0, 0.05) is 6.54 Å². The van der Waals surface area contributed by atoms with Gasteiger partial charge in [0.2, 0.25) is 17.7 Å². The van der Waals surface area contributed by atoms with Gasteiger partial charge < -0.3 is 43.4 Å². The highest BCUT2D eigenvalue weighted by molar-refractivity contribution is 5.95. The van der Waals surface area contributed by atoms with Crippen LogP contribution in [-0.4, -0.2) is 76.5 Å². The van der Waals surface area contributed by atoms with Gasteiger partial charge in [-0.1, -0.05) is 20.3 Å².